The summed E-state index contributed by atoms with van der Waals surface area (Å²) in [5.41, 5.74) is 0.756. The number of nitrogens with zero attached hydrogens (tertiary/aromatic N) is 3. The lowest BCUT2D eigenvalue weighted by molar-refractivity contribution is -0.162. The second-order valence-electron chi connectivity index (χ2n) is 8.03. The normalized spacial score (nSPS) is 15.2. The summed E-state index contributed by atoms with van der Waals surface area (Å²) in [5, 5.41) is 0. The number of nitrogens with one attached hydrogen (secondary N) is 1. The zero-order valence-electron chi connectivity index (χ0n) is 19.4. The zero-order chi connectivity index (χ0) is 26.7. The lowest BCUT2D eigenvalue weighted by Gasteiger charge is -2.36. The summed E-state index contributed by atoms with van der Waals surface area (Å²) in [5.74, 6) is 0. The van der Waals surface area contributed by atoms with Gasteiger partial charge in [0.25, 0.3) is 10.0 Å². The topological polar surface area (TPSA) is 116 Å². The molecule has 0 atom stereocenters. The molecule has 0 radical (unpaired) electrons. The van der Waals surface area contributed by atoms with Crippen LogP contribution in [-0.4, -0.2) is 85.2 Å². The molecule has 0 unspecified atom stereocenters. The molecule has 3 rings (SSSR count). The van der Waals surface area contributed by atoms with Gasteiger partial charge in [0.15, 0.2) is 6.61 Å². The molecule has 36 heavy (non-hydrogen) atoms. The van der Waals surface area contributed by atoms with E-state index in [1.807, 2.05) is 0 Å². The number of rotatable bonds is 7. The molecule has 15 heteroatoms. The minimum absolute atomic E-state index is 0.0570. The van der Waals surface area contributed by atoms with E-state index in [0.717, 1.165) is 9.21 Å². The van der Waals surface area contributed by atoms with Gasteiger partial charge in [0.2, 0.25) is 10.0 Å². The number of amides is 1. The highest BCUT2D eigenvalue weighted by Gasteiger charge is 2.32. The Hall–Kier alpha value is -3.04. The molecule has 1 aliphatic heterocycles. The molecule has 2 aromatic rings. The highest BCUT2D eigenvalue weighted by atomic mass is 32.2. The Morgan fingerprint density at radius 2 is 1.50 bits per heavy atom. The Balaban J connectivity index is 1.71. The van der Waals surface area contributed by atoms with Crippen LogP contribution in [0.1, 0.15) is 0 Å². The molecule has 1 amide bonds. The third-order valence-corrected chi connectivity index (χ3v) is 8.51. The molecule has 10 nitrogen and oxygen atoms in total. The Morgan fingerprint density at radius 3 is 2.06 bits per heavy atom. The lowest BCUT2D eigenvalue weighted by atomic mass is 10.2. The zero-order valence-corrected chi connectivity index (χ0v) is 21.0. The molecule has 198 valence electrons. The summed E-state index contributed by atoms with van der Waals surface area (Å²) < 4.78 is 95.0. The average Bonchev–Trinajstić information content (AvgIpc) is 2.82. The van der Waals surface area contributed by atoms with Gasteiger partial charge in [-0.3, -0.25) is 4.72 Å². The third kappa shape index (κ3) is 6.59. The fourth-order valence-electron chi connectivity index (χ4n) is 3.41. The molecule has 0 aliphatic carbocycles. The van der Waals surface area contributed by atoms with Gasteiger partial charge in [-0.25, -0.2) is 25.9 Å². The Morgan fingerprint density at radius 1 is 0.944 bits per heavy atom. The molecule has 1 N–H and O–H groups in total. The number of para-hydroxylation sites is 2. The van der Waals surface area contributed by atoms with Crippen LogP contribution in [-0.2, 0) is 24.8 Å². The van der Waals surface area contributed by atoms with E-state index < -0.39 is 38.9 Å². The molecular weight excluding hydrogens is 525 g/mol. The first-order chi connectivity index (χ1) is 16.7. The summed E-state index contributed by atoms with van der Waals surface area (Å²) in [6, 6.07) is 11.3. The Bertz CT molecular complexity index is 1290. The predicted octanol–water partition coefficient (Wildman–Crippen LogP) is 2.56. The van der Waals surface area contributed by atoms with E-state index in [1.165, 1.54) is 38.4 Å². The summed E-state index contributed by atoms with van der Waals surface area (Å²) in [6.45, 7) is -1.04. The Kier molecular flexibility index (Phi) is 8.05. The summed E-state index contributed by atoms with van der Waals surface area (Å²) >= 11 is 0. The van der Waals surface area contributed by atoms with E-state index in [4.69, 9.17) is 0 Å². The second-order valence-corrected chi connectivity index (χ2v) is 11.9. The molecule has 0 spiro atoms. The van der Waals surface area contributed by atoms with Crippen LogP contribution in [0, 0.1) is 0 Å². The first kappa shape index (κ1) is 27.5. The summed E-state index contributed by atoms with van der Waals surface area (Å²) in [6.07, 6.45) is -5.69. The molecule has 1 fully saturated rings. The van der Waals surface area contributed by atoms with E-state index in [2.05, 4.69) is 9.46 Å². The van der Waals surface area contributed by atoms with Gasteiger partial charge < -0.3 is 14.5 Å². The minimum atomic E-state index is -4.62. The number of hydrogen-bond donors (Lipinski definition) is 1. The van der Waals surface area contributed by atoms with Crippen LogP contribution in [0.4, 0.5) is 29.3 Å². The van der Waals surface area contributed by atoms with E-state index >= 15 is 0 Å². The number of halogens is 3. The van der Waals surface area contributed by atoms with Crippen molar-refractivity contribution in [3.63, 3.8) is 0 Å². The molecule has 0 saturated carbocycles. The van der Waals surface area contributed by atoms with Gasteiger partial charge in [-0.2, -0.15) is 13.2 Å². The number of alkyl halides is 3. The summed E-state index contributed by atoms with van der Waals surface area (Å²) in [4.78, 5) is 14.6. The van der Waals surface area contributed by atoms with Crippen molar-refractivity contribution in [1.82, 2.24) is 9.21 Å². The van der Waals surface area contributed by atoms with Gasteiger partial charge in [-0.1, -0.05) is 12.1 Å². The van der Waals surface area contributed by atoms with Crippen LogP contribution < -0.4 is 9.62 Å². The van der Waals surface area contributed by atoms with Gasteiger partial charge in [-0.05, 0) is 36.4 Å². The SMILES string of the molecule is CN(C)S(=O)(=O)c1ccc(S(=O)(=O)Nc2ccccc2N2CCN(C(=O)OCC(F)(F)F)CC2)cc1. The maximum Gasteiger partial charge on any atom is 0.422 e. The number of anilines is 2. The lowest BCUT2D eigenvalue weighted by Crippen LogP contribution is -2.49. The predicted molar refractivity (Wildman–Crippen MR) is 126 cm³/mol. The fraction of sp³-hybridized carbons (Fsp3) is 0.381. The quantitative estimate of drug-likeness (QED) is 0.563. The van der Waals surface area contributed by atoms with Gasteiger partial charge in [-0.15, -0.1) is 0 Å². The maximum atomic E-state index is 13.0. The molecule has 1 saturated heterocycles. The third-order valence-electron chi connectivity index (χ3n) is 5.30. The fourth-order valence-corrected chi connectivity index (χ4v) is 5.38. The number of piperazine rings is 1. The number of ether oxygens (including phenoxy) is 1. The van der Waals surface area contributed by atoms with E-state index in [9.17, 15) is 34.8 Å². The van der Waals surface area contributed by atoms with Crippen LogP contribution in [0.15, 0.2) is 58.3 Å². The number of carbonyl (C=O) groups excluding carboxylic acids is 1. The van der Waals surface area contributed by atoms with Crippen LogP contribution in [0.2, 0.25) is 0 Å². The monoisotopic (exact) mass is 550 g/mol. The van der Waals surface area contributed by atoms with E-state index in [0.29, 0.717) is 5.69 Å². The minimum Gasteiger partial charge on any atom is -0.440 e. The van der Waals surface area contributed by atoms with Crippen molar-refractivity contribution in [3.05, 3.63) is 48.5 Å². The van der Waals surface area contributed by atoms with Crippen molar-refractivity contribution in [2.45, 2.75) is 16.0 Å². The van der Waals surface area contributed by atoms with Gasteiger partial charge in [0.05, 0.1) is 21.2 Å². The first-order valence-electron chi connectivity index (χ1n) is 10.6. The van der Waals surface area contributed by atoms with E-state index in [1.54, 1.807) is 29.2 Å². The van der Waals surface area contributed by atoms with Crippen molar-refractivity contribution in [2.24, 2.45) is 0 Å². The van der Waals surface area contributed by atoms with E-state index in [-0.39, 0.29) is 41.7 Å². The van der Waals surface area contributed by atoms with Gasteiger partial charge >= 0.3 is 12.3 Å². The van der Waals surface area contributed by atoms with Gasteiger partial charge in [0, 0.05) is 40.3 Å². The van der Waals surface area contributed by atoms with Crippen LogP contribution in [0.5, 0.6) is 0 Å². The van der Waals surface area contributed by atoms with Crippen LogP contribution >= 0.6 is 0 Å². The number of benzene rings is 2. The molecule has 1 heterocycles. The number of carbonyl (C=O) groups is 1. The average molecular weight is 551 g/mol. The highest BCUT2D eigenvalue weighted by Crippen LogP contribution is 2.29. The van der Waals surface area contributed by atoms with Crippen molar-refractivity contribution >= 4 is 37.5 Å². The number of sulfonamides is 2. The smallest absolute Gasteiger partial charge is 0.422 e. The van der Waals surface area contributed by atoms with Crippen molar-refractivity contribution < 1.29 is 39.5 Å². The summed E-state index contributed by atoms with van der Waals surface area (Å²) in [7, 11) is -5.07. The standard InChI is InChI=1S/C21H25F3N4O6S2/c1-26(2)36(32,33)17-9-7-16(8-10-17)35(30,31)25-18-5-3-4-6-19(18)27-11-13-28(14-12-27)20(29)34-15-21(22,23)24/h3-10,25H,11-15H2,1-2H3. The molecule has 2 aromatic carbocycles. The Labute approximate surface area is 207 Å². The molecule has 1 aliphatic rings. The first-order valence-corrected chi connectivity index (χ1v) is 13.5. The highest BCUT2D eigenvalue weighted by molar-refractivity contribution is 7.92. The van der Waals surface area contributed by atoms with Gasteiger partial charge in [0.1, 0.15) is 0 Å². The number of hydrogen-bond acceptors (Lipinski definition) is 7. The van der Waals surface area contributed by atoms with Crippen LogP contribution in [0.25, 0.3) is 0 Å². The van der Waals surface area contributed by atoms with Crippen molar-refractivity contribution in [2.75, 3.05) is 56.5 Å². The van der Waals surface area contributed by atoms with Crippen LogP contribution in [0.3, 0.4) is 0 Å². The van der Waals surface area contributed by atoms with Crippen molar-refractivity contribution in [1.29, 1.82) is 0 Å². The second kappa shape index (κ2) is 10.5. The van der Waals surface area contributed by atoms with Crippen molar-refractivity contribution in [3.8, 4) is 0 Å². The molecule has 0 bridgehead atoms. The molecular formula is C21H25F3N4O6S2. The maximum absolute atomic E-state index is 13.0. The molecule has 0 aromatic heterocycles. The largest absolute Gasteiger partial charge is 0.440 e.